The number of hydrogen-bond acceptors (Lipinski definition) is 3. The second-order valence-electron chi connectivity index (χ2n) is 5.03. The summed E-state index contributed by atoms with van der Waals surface area (Å²) < 4.78 is 28.5. The molecule has 0 aromatic rings. The molecule has 2 saturated heterocycles. The number of rotatable bonds is 3. The lowest BCUT2D eigenvalue weighted by Gasteiger charge is -2.21. The summed E-state index contributed by atoms with van der Waals surface area (Å²) >= 11 is 0. The van der Waals surface area contributed by atoms with Gasteiger partial charge in [0, 0.05) is 32.2 Å². The molecule has 2 rings (SSSR count). The summed E-state index contributed by atoms with van der Waals surface area (Å²) in [7, 11) is -1.21. The average Bonchev–Trinajstić information content (AvgIpc) is 2.76. The third-order valence-electron chi connectivity index (χ3n) is 3.50. The summed E-state index contributed by atoms with van der Waals surface area (Å²) in [6.07, 6.45) is 1.97. The molecule has 0 radical (unpaired) electrons. The maximum Gasteiger partial charge on any atom is 0.279 e. The van der Waals surface area contributed by atoms with Crippen LogP contribution in [0.3, 0.4) is 0 Å². The normalized spacial score (nSPS) is 33.6. The van der Waals surface area contributed by atoms with Crippen molar-refractivity contribution in [2.75, 3.05) is 33.2 Å². The molecule has 0 aliphatic carbocycles. The first-order chi connectivity index (χ1) is 7.49. The second kappa shape index (κ2) is 4.60. The van der Waals surface area contributed by atoms with Crippen LogP contribution in [0.25, 0.3) is 0 Å². The van der Waals surface area contributed by atoms with E-state index < -0.39 is 10.2 Å². The Labute approximate surface area is 98.0 Å². The zero-order valence-electron chi connectivity index (χ0n) is 10.0. The highest BCUT2D eigenvalue weighted by Gasteiger charge is 2.33. The van der Waals surface area contributed by atoms with Crippen molar-refractivity contribution in [3.63, 3.8) is 0 Å². The second-order valence-corrected chi connectivity index (χ2v) is 6.74. The summed E-state index contributed by atoms with van der Waals surface area (Å²) in [5, 5.41) is 0. The molecule has 2 atom stereocenters. The number of hydrogen-bond donors (Lipinski definition) is 1. The van der Waals surface area contributed by atoms with Gasteiger partial charge in [0.2, 0.25) is 0 Å². The zero-order valence-corrected chi connectivity index (χ0v) is 10.8. The number of nitrogens with one attached hydrogen (secondary N) is 1. The van der Waals surface area contributed by atoms with Crippen molar-refractivity contribution >= 4 is 10.2 Å². The molecule has 0 aromatic carbocycles. The van der Waals surface area contributed by atoms with Gasteiger partial charge in [0.15, 0.2) is 0 Å². The SMILES string of the molecule is CC1CN(C)CC1NS(=O)(=O)N1CCCC1. The minimum Gasteiger partial charge on any atom is -0.304 e. The van der Waals surface area contributed by atoms with Gasteiger partial charge in [0.1, 0.15) is 0 Å². The minimum absolute atomic E-state index is 0.0654. The highest BCUT2D eigenvalue weighted by molar-refractivity contribution is 7.87. The Hall–Kier alpha value is -0.170. The Morgan fingerprint density at radius 2 is 1.81 bits per heavy atom. The quantitative estimate of drug-likeness (QED) is 0.755. The molecule has 0 spiro atoms. The summed E-state index contributed by atoms with van der Waals surface area (Å²) in [4.78, 5) is 2.17. The van der Waals surface area contributed by atoms with Crippen molar-refractivity contribution in [2.45, 2.75) is 25.8 Å². The largest absolute Gasteiger partial charge is 0.304 e. The molecule has 2 aliphatic heterocycles. The summed E-state index contributed by atoms with van der Waals surface area (Å²) in [5.41, 5.74) is 0. The molecule has 6 heteroatoms. The van der Waals surface area contributed by atoms with E-state index in [0.717, 1.165) is 25.9 Å². The molecule has 16 heavy (non-hydrogen) atoms. The van der Waals surface area contributed by atoms with Crippen molar-refractivity contribution < 1.29 is 8.42 Å². The van der Waals surface area contributed by atoms with E-state index in [4.69, 9.17) is 0 Å². The first-order valence-electron chi connectivity index (χ1n) is 5.95. The Kier molecular flexibility index (Phi) is 3.53. The molecular weight excluding hydrogens is 226 g/mol. The van der Waals surface area contributed by atoms with Crippen LogP contribution in [-0.4, -0.2) is 56.9 Å². The minimum atomic E-state index is -3.24. The van der Waals surface area contributed by atoms with Crippen LogP contribution >= 0.6 is 0 Å². The molecule has 0 saturated carbocycles. The molecule has 2 fully saturated rings. The standard InChI is InChI=1S/C10H21N3O2S/c1-9-7-12(2)8-10(9)11-16(14,15)13-5-3-4-6-13/h9-11H,3-8H2,1-2H3. The van der Waals surface area contributed by atoms with E-state index in [0.29, 0.717) is 19.0 Å². The number of nitrogens with zero attached hydrogens (tertiary/aromatic N) is 2. The predicted octanol–water partition coefficient (Wildman–Crippen LogP) is -0.133. The fourth-order valence-electron chi connectivity index (χ4n) is 2.56. The van der Waals surface area contributed by atoms with Crippen LogP contribution < -0.4 is 4.72 Å². The lowest BCUT2D eigenvalue weighted by atomic mass is 10.1. The fourth-order valence-corrected chi connectivity index (χ4v) is 4.13. The molecule has 0 bridgehead atoms. The topological polar surface area (TPSA) is 52.7 Å². The van der Waals surface area contributed by atoms with Crippen LogP contribution in [0.4, 0.5) is 0 Å². The van der Waals surface area contributed by atoms with E-state index in [9.17, 15) is 8.42 Å². The molecule has 2 unspecified atom stereocenters. The van der Waals surface area contributed by atoms with Gasteiger partial charge in [-0.1, -0.05) is 6.92 Å². The smallest absolute Gasteiger partial charge is 0.279 e. The summed E-state index contributed by atoms with van der Waals surface area (Å²) in [6, 6.07) is 0.0654. The summed E-state index contributed by atoms with van der Waals surface area (Å²) in [5.74, 6) is 0.391. The van der Waals surface area contributed by atoms with E-state index in [1.807, 2.05) is 7.05 Å². The average molecular weight is 247 g/mol. The molecule has 94 valence electrons. The lowest BCUT2D eigenvalue weighted by molar-refractivity contribution is 0.398. The molecule has 0 aromatic heterocycles. The maximum atomic E-state index is 12.0. The van der Waals surface area contributed by atoms with Gasteiger partial charge in [-0.15, -0.1) is 0 Å². The van der Waals surface area contributed by atoms with Crippen LogP contribution in [0.1, 0.15) is 19.8 Å². The van der Waals surface area contributed by atoms with Gasteiger partial charge in [-0.25, -0.2) is 0 Å². The van der Waals surface area contributed by atoms with Gasteiger partial charge in [-0.2, -0.15) is 17.4 Å². The van der Waals surface area contributed by atoms with E-state index in [-0.39, 0.29) is 6.04 Å². The zero-order chi connectivity index (χ0) is 11.8. The molecule has 2 aliphatic rings. The molecule has 1 N–H and O–H groups in total. The van der Waals surface area contributed by atoms with Crippen molar-refractivity contribution in [3.05, 3.63) is 0 Å². The highest BCUT2D eigenvalue weighted by Crippen LogP contribution is 2.18. The van der Waals surface area contributed by atoms with Crippen LogP contribution in [0.2, 0.25) is 0 Å². The Bertz CT molecular complexity index is 338. The third-order valence-corrected chi connectivity index (χ3v) is 5.15. The number of likely N-dealkylation sites (N-methyl/N-ethyl adjacent to an activating group) is 1. The van der Waals surface area contributed by atoms with E-state index in [2.05, 4.69) is 16.5 Å². The van der Waals surface area contributed by atoms with Crippen LogP contribution in [0.5, 0.6) is 0 Å². The van der Waals surface area contributed by atoms with Gasteiger partial charge < -0.3 is 4.90 Å². The molecule has 5 nitrogen and oxygen atoms in total. The van der Waals surface area contributed by atoms with E-state index in [1.54, 1.807) is 4.31 Å². The van der Waals surface area contributed by atoms with Crippen molar-refractivity contribution in [1.29, 1.82) is 0 Å². The van der Waals surface area contributed by atoms with E-state index >= 15 is 0 Å². The summed E-state index contributed by atoms with van der Waals surface area (Å²) in [6.45, 7) is 5.22. The molecular formula is C10H21N3O2S. The first kappa shape index (κ1) is 12.3. The Morgan fingerprint density at radius 1 is 1.19 bits per heavy atom. The maximum absolute atomic E-state index is 12.0. The van der Waals surface area contributed by atoms with Gasteiger partial charge in [-0.05, 0) is 25.8 Å². The monoisotopic (exact) mass is 247 g/mol. The highest BCUT2D eigenvalue weighted by atomic mass is 32.2. The van der Waals surface area contributed by atoms with Crippen LogP contribution in [-0.2, 0) is 10.2 Å². The Balaban J connectivity index is 1.98. The van der Waals surface area contributed by atoms with Gasteiger partial charge in [0.25, 0.3) is 10.2 Å². The van der Waals surface area contributed by atoms with Crippen LogP contribution in [0.15, 0.2) is 0 Å². The third kappa shape index (κ3) is 2.56. The lowest BCUT2D eigenvalue weighted by Crippen LogP contribution is -2.46. The number of likely N-dealkylation sites (tertiary alicyclic amines) is 1. The van der Waals surface area contributed by atoms with E-state index in [1.165, 1.54) is 0 Å². The molecule has 0 amide bonds. The van der Waals surface area contributed by atoms with Crippen molar-refractivity contribution in [2.24, 2.45) is 5.92 Å². The van der Waals surface area contributed by atoms with Crippen molar-refractivity contribution in [3.8, 4) is 0 Å². The molecule has 2 heterocycles. The first-order valence-corrected chi connectivity index (χ1v) is 7.39. The van der Waals surface area contributed by atoms with Crippen LogP contribution in [0, 0.1) is 5.92 Å². The Morgan fingerprint density at radius 3 is 2.31 bits per heavy atom. The van der Waals surface area contributed by atoms with Gasteiger partial charge >= 0.3 is 0 Å². The van der Waals surface area contributed by atoms with Crippen molar-refractivity contribution in [1.82, 2.24) is 13.9 Å². The predicted molar refractivity (Wildman–Crippen MR) is 63.3 cm³/mol. The fraction of sp³-hybridized carbons (Fsp3) is 1.00. The van der Waals surface area contributed by atoms with Gasteiger partial charge in [0.05, 0.1) is 0 Å². The van der Waals surface area contributed by atoms with Gasteiger partial charge in [-0.3, -0.25) is 0 Å².